The molecule has 3 aromatic rings. The van der Waals surface area contributed by atoms with Crippen molar-refractivity contribution in [2.75, 3.05) is 12.8 Å². The van der Waals surface area contributed by atoms with E-state index >= 15 is 0 Å². The van der Waals surface area contributed by atoms with Crippen molar-refractivity contribution in [3.63, 3.8) is 0 Å². The van der Waals surface area contributed by atoms with E-state index in [-0.39, 0.29) is 5.78 Å². The summed E-state index contributed by atoms with van der Waals surface area (Å²) in [7, 11) is 1.55. The predicted octanol–water partition coefficient (Wildman–Crippen LogP) is 2.38. The van der Waals surface area contributed by atoms with Crippen molar-refractivity contribution >= 4 is 22.4 Å². The summed E-state index contributed by atoms with van der Waals surface area (Å²) in [5.41, 5.74) is 8.16. The average Bonchev–Trinajstić information content (AvgIpc) is 2.91. The normalized spacial score (nSPS) is 10.7. The number of rotatable bonds is 3. The Labute approximate surface area is 115 Å². The second-order valence-corrected chi connectivity index (χ2v) is 4.41. The number of nitrogens with one attached hydrogen (secondary N) is 1. The van der Waals surface area contributed by atoms with Gasteiger partial charge in [-0.05, 0) is 24.3 Å². The van der Waals surface area contributed by atoms with Crippen molar-refractivity contribution in [2.45, 2.75) is 0 Å². The summed E-state index contributed by atoms with van der Waals surface area (Å²) >= 11 is 0. The minimum Gasteiger partial charge on any atom is -0.497 e. The molecule has 0 spiro atoms. The number of benzene rings is 1. The molecule has 1 aromatic carbocycles. The largest absolute Gasteiger partial charge is 0.497 e. The van der Waals surface area contributed by atoms with Crippen LogP contribution >= 0.6 is 0 Å². The minimum absolute atomic E-state index is 0.152. The first-order valence-electron chi connectivity index (χ1n) is 6.10. The van der Waals surface area contributed by atoms with Crippen LogP contribution in [0, 0.1) is 0 Å². The Kier molecular flexibility index (Phi) is 2.87. The number of aromatic amines is 1. The molecule has 0 saturated carbocycles. The molecule has 2 heterocycles. The van der Waals surface area contributed by atoms with E-state index < -0.39 is 0 Å². The number of pyridine rings is 1. The first kappa shape index (κ1) is 12.2. The van der Waals surface area contributed by atoms with Gasteiger partial charge in [-0.1, -0.05) is 0 Å². The van der Waals surface area contributed by atoms with Gasteiger partial charge in [-0.15, -0.1) is 0 Å². The molecule has 0 saturated heterocycles. The Balaban J connectivity index is 2.13. The Morgan fingerprint density at radius 2 is 2.15 bits per heavy atom. The van der Waals surface area contributed by atoms with Gasteiger partial charge in [-0.2, -0.15) is 0 Å². The summed E-state index contributed by atoms with van der Waals surface area (Å²) in [6.45, 7) is 0. The van der Waals surface area contributed by atoms with Crippen LogP contribution in [0.5, 0.6) is 5.75 Å². The topological polar surface area (TPSA) is 81.0 Å². The summed E-state index contributed by atoms with van der Waals surface area (Å²) in [6.07, 6.45) is 5.01. The summed E-state index contributed by atoms with van der Waals surface area (Å²) in [6, 6.07) is 6.86. The van der Waals surface area contributed by atoms with Crippen LogP contribution in [0.1, 0.15) is 15.9 Å². The van der Waals surface area contributed by atoms with Gasteiger partial charge in [0.1, 0.15) is 5.75 Å². The van der Waals surface area contributed by atoms with Gasteiger partial charge < -0.3 is 15.5 Å². The number of hydrogen-bond acceptors (Lipinski definition) is 4. The Morgan fingerprint density at radius 3 is 2.95 bits per heavy atom. The highest BCUT2D eigenvalue weighted by atomic mass is 16.5. The number of H-pyrrole nitrogens is 1. The van der Waals surface area contributed by atoms with Crippen LogP contribution < -0.4 is 10.5 Å². The lowest BCUT2D eigenvalue weighted by Crippen LogP contribution is -2.05. The van der Waals surface area contributed by atoms with Crippen LogP contribution in [0.4, 0.5) is 5.69 Å². The Hall–Kier alpha value is -2.82. The fourth-order valence-electron chi connectivity index (χ4n) is 2.15. The number of nitrogen functional groups attached to an aromatic ring is 1. The molecule has 0 radical (unpaired) electrons. The number of carbonyl (C=O) groups excluding carboxylic acids is 1. The molecule has 0 unspecified atom stereocenters. The molecule has 0 atom stereocenters. The number of anilines is 1. The predicted molar refractivity (Wildman–Crippen MR) is 76.9 cm³/mol. The summed E-state index contributed by atoms with van der Waals surface area (Å²) < 4.78 is 5.14. The van der Waals surface area contributed by atoms with E-state index in [4.69, 9.17) is 10.5 Å². The first-order valence-corrected chi connectivity index (χ1v) is 6.10. The van der Waals surface area contributed by atoms with Gasteiger partial charge in [0, 0.05) is 46.3 Å². The van der Waals surface area contributed by atoms with Crippen LogP contribution in [0.3, 0.4) is 0 Å². The fourth-order valence-corrected chi connectivity index (χ4v) is 2.15. The van der Waals surface area contributed by atoms with Crippen molar-refractivity contribution < 1.29 is 9.53 Å². The van der Waals surface area contributed by atoms with Gasteiger partial charge in [-0.3, -0.25) is 9.78 Å². The van der Waals surface area contributed by atoms with Gasteiger partial charge in [0.2, 0.25) is 0 Å². The third-order valence-corrected chi connectivity index (χ3v) is 3.23. The monoisotopic (exact) mass is 267 g/mol. The van der Waals surface area contributed by atoms with E-state index in [2.05, 4.69) is 9.97 Å². The third kappa shape index (κ3) is 1.89. The molecule has 5 heteroatoms. The first-order chi connectivity index (χ1) is 9.70. The van der Waals surface area contributed by atoms with Crippen LogP contribution in [0.2, 0.25) is 0 Å². The zero-order valence-electron chi connectivity index (χ0n) is 10.9. The molecule has 100 valence electrons. The second-order valence-electron chi connectivity index (χ2n) is 4.41. The number of carbonyl (C=O) groups is 1. The van der Waals surface area contributed by atoms with Gasteiger partial charge in [0.05, 0.1) is 7.11 Å². The molecule has 3 N–H and O–H groups in total. The van der Waals surface area contributed by atoms with Gasteiger partial charge in [0.15, 0.2) is 5.78 Å². The van der Waals surface area contributed by atoms with Crippen molar-refractivity contribution in [1.29, 1.82) is 0 Å². The van der Waals surface area contributed by atoms with E-state index in [0.29, 0.717) is 22.6 Å². The van der Waals surface area contributed by atoms with Crippen molar-refractivity contribution in [3.8, 4) is 5.75 Å². The summed E-state index contributed by atoms with van der Waals surface area (Å²) in [5.74, 6) is 0.446. The number of hydrogen-bond donors (Lipinski definition) is 2. The van der Waals surface area contributed by atoms with Crippen LogP contribution in [0.15, 0.2) is 42.9 Å². The number of methoxy groups -OCH3 is 1. The zero-order chi connectivity index (χ0) is 14.1. The number of nitrogens with two attached hydrogens (primary N) is 1. The number of nitrogens with zero attached hydrogens (tertiary/aromatic N) is 1. The van der Waals surface area contributed by atoms with Crippen molar-refractivity contribution in [3.05, 3.63) is 54.0 Å². The molecule has 20 heavy (non-hydrogen) atoms. The smallest absolute Gasteiger partial charge is 0.197 e. The minimum atomic E-state index is -0.152. The number of ketones is 1. The summed E-state index contributed by atoms with van der Waals surface area (Å²) in [4.78, 5) is 19.7. The molecule has 5 nitrogen and oxygen atoms in total. The molecule has 0 fully saturated rings. The second kappa shape index (κ2) is 4.70. The maximum Gasteiger partial charge on any atom is 0.197 e. The average molecular weight is 267 g/mol. The number of fused-ring (bicyclic) bond motifs is 1. The highest BCUT2D eigenvalue weighted by molar-refractivity contribution is 6.18. The number of aromatic nitrogens is 2. The highest BCUT2D eigenvalue weighted by Gasteiger charge is 2.17. The molecular weight excluding hydrogens is 254 g/mol. The van der Waals surface area contributed by atoms with E-state index in [1.54, 1.807) is 43.9 Å². The fraction of sp³-hybridized carbons (Fsp3) is 0.0667. The van der Waals surface area contributed by atoms with Crippen LogP contribution in [-0.2, 0) is 0 Å². The van der Waals surface area contributed by atoms with E-state index in [0.717, 1.165) is 10.9 Å². The lowest BCUT2D eigenvalue weighted by Gasteiger charge is -2.06. The third-order valence-electron chi connectivity index (χ3n) is 3.23. The quantitative estimate of drug-likeness (QED) is 0.564. The van der Waals surface area contributed by atoms with Gasteiger partial charge >= 0.3 is 0 Å². The molecular formula is C15H13N3O2. The maximum atomic E-state index is 12.6. The molecule has 0 aliphatic carbocycles. The zero-order valence-corrected chi connectivity index (χ0v) is 10.9. The van der Waals surface area contributed by atoms with Crippen molar-refractivity contribution in [2.24, 2.45) is 0 Å². The lowest BCUT2D eigenvalue weighted by atomic mass is 10.0. The molecule has 0 aliphatic rings. The van der Waals surface area contributed by atoms with E-state index in [9.17, 15) is 4.79 Å². The highest BCUT2D eigenvalue weighted by Crippen LogP contribution is 2.25. The lowest BCUT2D eigenvalue weighted by molar-refractivity contribution is 0.104. The molecule has 0 bridgehead atoms. The SMILES string of the molecule is COc1ccc(N)c(C(=O)c2c[nH]c3ccncc23)c1. The van der Waals surface area contributed by atoms with Crippen LogP contribution in [0.25, 0.3) is 10.9 Å². The van der Waals surface area contributed by atoms with E-state index in [1.165, 1.54) is 0 Å². The molecule has 3 rings (SSSR count). The standard InChI is InChI=1S/C15H13N3O2/c1-20-9-2-3-13(16)10(6-9)15(19)12-8-18-14-4-5-17-7-11(12)14/h2-8,18H,16H2,1H3. The Morgan fingerprint density at radius 1 is 1.30 bits per heavy atom. The Bertz CT molecular complexity index is 793. The maximum absolute atomic E-state index is 12.6. The number of ether oxygens (including phenoxy) is 1. The van der Waals surface area contributed by atoms with Crippen molar-refractivity contribution in [1.82, 2.24) is 9.97 Å². The molecule has 2 aromatic heterocycles. The van der Waals surface area contributed by atoms with Gasteiger partial charge in [-0.25, -0.2) is 0 Å². The summed E-state index contributed by atoms with van der Waals surface area (Å²) in [5, 5.41) is 0.778. The van der Waals surface area contributed by atoms with E-state index in [1.807, 2.05) is 6.07 Å². The molecule has 0 amide bonds. The van der Waals surface area contributed by atoms with Crippen LogP contribution in [-0.4, -0.2) is 22.9 Å². The molecule has 0 aliphatic heterocycles. The van der Waals surface area contributed by atoms with Gasteiger partial charge in [0.25, 0.3) is 0 Å².